The van der Waals surface area contributed by atoms with E-state index in [2.05, 4.69) is 19.7 Å². The standard InChI is InChI=1S/C14H18N4O7/c1-22-4-8(19)24-3-7-10(20)11(21)14(25-7)18-6-17-9-12(18)15-5-16-13(9)23-2/h5-7,10-11,14,20-21H,3-4H2,1-2H3/t7-,10-,11+,14-/m1/s1. The molecule has 1 fully saturated rings. The number of methoxy groups -OCH3 is 2. The second kappa shape index (κ2) is 7.27. The van der Waals surface area contributed by atoms with E-state index in [0.717, 1.165) is 0 Å². The van der Waals surface area contributed by atoms with E-state index in [1.54, 1.807) is 0 Å². The third-order valence-electron chi connectivity index (χ3n) is 3.80. The van der Waals surface area contributed by atoms with Crippen molar-refractivity contribution < 1.29 is 34.0 Å². The molecule has 3 rings (SSSR count). The van der Waals surface area contributed by atoms with E-state index in [-0.39, 0.29) is 19.1 Å². The van der Waals surface area contributed by atoms with Gasteiger partial charge in [-0.1, -0.05) is 0 Å². The van der Waals surface area contributed by atoms with E-state index >= 15 is 0 Å². The molecular formula is C14H18N4O7. The maximum Gasteiger partial charge on any atom is 0.332 e. The van der Waals surface area contributed by atoms with Gasteiger partial charge in [0.05, 0.1) is 13.4 Å². The normalized spacial score (nSPS) is 26.1. The first-order chi connectivity index (χ1) is 12.1. The Kier molecular flexibility index (Phi) is 5.08. The van der Waals surface area contributed by atoms with Crippen LogP contribution in [0.3, 0.4) is 0 Å². The van der Waals surface area contributed by atoms with Crippen molar-refractivity contribution >= 4 is 17.1 Å². The van der Waals surface area contributed by atoms with Crippen LogP contribution >= 0.6 is 0 Å². The Hall–Kier alpha value is -2.34. The first kappa shape index (κ1) is 17.5. The van der Waals surface area contributed by atoms with Crippen LogP contribution in [0.15, 0.2) is 12.7 Å². The zero-order chi connectivity index (χ0) is 18.0. The second-order valence-electron chi connectivity index (χ2n) is 5.37. The molecule has 25 heavy (non-hydrogen) atoms. The van der Waals surface area contributed by atoms with Gasteiger partial charge >= 0.3 is 5.97 Å². The Labute approximate surface area is 142 Å². The minimum Gasteiger partial charge on any atom is -0.479 e. The van der Waals surface area contributed by atoms with Crippen molar-refractivity contribution in [2.45, 2.75) is 24.5 Å². The first-order valence-electron chi connectivity index (χ1n) is 7.44. The van der Waals surface area contributed by atoms with E-state index in [4.69, 9.17) is 14.2 Å². The van der Waals surface area contributed by atoms with Crippen molar-refractivity contribution in [2.24, 2.45) is 0 Å². The molecule has 136 valence electrons. The van der Waals surface area contributed by atoms with Crippen LogP contribution < -0.4 is 4.74 Å². The van der Waals surface area contributed by atoms with Crippen molar-refractivity contribution in [3.05, 3.63) is 12.7 Å². The summed E-state index contributed by atoms with van der Waals surface area (Å²) in [5.74, 6) is -0.316. The van der Waals surface area contributed by atoms with Gasteiger partial charge in [0.1, 0.15) is 37.9 Å². The molecule has 11 heteroatoms. The molecule has 0 radical (unpaired) electrons. The minimum absolute atomic E-state index is 0.211. The maximum absolute atomic E-state index is 11.4. The molecule has 1 aliphatic heterocycles. The van der Waals surface area contributed by atoms with Crippen LogP contribution in [0, 0.1) is 0 Å². The number of rotatable bonds is 6. The van der Waals surface area contributed by atoms with Gasteiger partial charge in [-0.15, -0.1) is 0 Å². The number of esters is 1. The predicted octanol–water partition coefficient (Wildman–Crippen LogP) is -1.36. The van der Waals surface area contributed by atoms with Crippen LogP contribution in [0.5, 0.6) is 5.88 Å². The summed E-state index contributed by atoms with van der Waals surface area (Å²) in [4.78, 5) is 23.6. The highest BCUT2D eigenvalue weighted by Crippen LogP contribution is 2.32. The molecule has 0 bridgehead atoms. The summed E-state index contributed by atoms with van der Waals surface area (Å²) in [6, 6.07) is 0. The van der Waals surface area contributed by atoms with Crippen LogP contribution in [-0.4, -0.2) is 81.4 Å². The molecule has 0 aliphatic carbocycles. The van der Waals surface area contributed by atoms with Gasteiger partial charge in [0.15, 0.2) is 17.4 Å². The molecular weight excluding hydrogens is 336 g/mol. The van der Waals surface area contributed by atoms with Gasteiger partial charge in [0, 0.05) is 7.11 Å². The molecule has 1 aliphatic rings. The number of aliphatic hydroxyl groups excluding tert-OH is 2. The van der Waals surface area contributed by atoms with Crippen LogP contribution in [-0.2, 0) is 19.0 Å². The smallest absolute Gasteiger partial charge is 0.332 e. The quantitative estimate of drug-likeness (QED) is 0.598. The lowest BCUT2D eigenvalue weighted by molar-refractivity contribution is -0.154. The predicted molar refractivity (Wildman–Crippen MR) is 80.6 cm³/mol. The highest BCUT2D eigenvalue weighted by Gasteiger charge is 2.45. The van der Waals surface area contributed by atoms with Crippen molar-refractivity contribution in [3.63, 3.8) is 0 Å². The van der Waals surface area contributed by atoms with E-state index in [1.807, 2.05) is 0 Å². The summed E-state index contributed by atoms with van der Waals surface area (Å²) >= 11 is 0. The Balaban J connectivity index is 1.78. The van der Waals surface area contributed by atoms with Crippen LogP contribution in [0.4, 0.5) is 0 Å². The average Bonchev–Trinajstić information content (AvgIpc) is 3.15. The zero-order valence-electron chi connectivity index (χ0n) is 13.6. The van der Waals surface area contributed by atoms with Gasteiger partial charge in [-0.25, -0.2) is 14.8 Å². The fraction of sp³-hybridized carbons (Fsp3) is 0.571. The highest BCUT2D eigenvalue weighted by atomic mass is 16.6. The molecule has 0 amide bonds. The summed E-state index contributed by atoms with van der Waals surface area (Å²) < 4.78 is 21.8. The van der Waals surface area contributed by atoms with Crippen molar-refractivity contribution in [3.8, 4) is 5.88 Å². The average molecular weight is 354 g/mol. The van der Waals surface area contributed by atoms with E-state index in [0.29, 0.717) is 11.2 Å². The highest BCUT2D eigenvalue weighted by molar-refractivity contribution is 5.76. The zero-order valence-corrected chi connectivity index (χ0v) is 13.6. The van der Waals surface area contributed by atoms with Crippen molar-refractivity contribution in [2.75, 3.05) is 27.4 Å². The molecule has 0 aromatic carbocycles. The van der Waals surface area contributed by atoms with Crippen LogP contribution in [0.25, 0.3) is 11.2 Å². The molecule has 0 unspecified atom stereocenters. The second-order valence-corrected chi connectivity index (χ2v) is 5.37. The largest absolute Gasteiger partial charge is 0.479 e. The third-order valence-corrected chi connectivity index (χ3v) is 3.80. The topological polar surface area (TPSA) is 138 Å². The molecule has 4 atom stereocenters. The van der Waals surface area contributed by atoms with Crippen molar-refractivity contribution in [1.29, 1.82) is 0 Å². The lowest BCUT2D eigenvalue weighted by Crippen LogP contribution is -2.34. The molecule has 1 saturated heterocycles. The monoisotopic (exact) mass is 354 g/mol. The number of imidazole rings is 1. The number of carbonyl (C=O) groups is 1. The summed E-state index contributed by atoms with van der Waals surface area (Å²) in [6.07, 6.45) is -1.66. The Bertz CT molecular complexity index is 752. The summed E-state index contributed by atoms with van der Waals surface area (Å²) in [6.45, 7) is -0.431. The van der Waals surface area contributed by atoms with E-state index in [1.165, 1.54) is 31.4 Å². The molecule has 2 N–H and O–H groups in total. The number of hydrogen-bond donors (Lipinski definition) is 2. The summed E-state index contributed by atoms with van der Waals surface area (Å²) in [5.41, 5.74) is 0.769. The molecule has 11 nitrogen and oxygen atoms in total. The SMILES string of the molecule is COCC(=O)OC[C@H]1O[C@@H](n2cnc3c(OC)ncnc32)[C@@H](O)[C@@H]1O. The number of ether oxygens (including phenoxy) is 4. The minimum atomic E-state index is -1.26. The number of fused-ring (bicyclic) bond motifs is 1. The maximum atomic E-state index is 11.4. The third kappa shape index (κ3) is 3.26. The van der Waals surface area contributed by atoms with Crippen molar-refractivity contribution in [1.82, 2.24) is 19.5 Å². The van der Waals surface area contributed by atoms with Gasteiger partial charge in [-0.2, -0.15) is 4.98 Å². The number of aliphatic hydroxyl groups is 2. The molecule has 0 saturated carbocycles. The number of aromatic nitrogens is 4. The van der Waals surface area contributed by atoms with Gasteiger partial charge in [0.2, 0.25) is 5.88 Å². The fourth-order valence-corrected chi connectivity index (χ4v) is 2.60. The lowest BCUT2D eigenvalue weighted by Gasteiger charge is -2.16. The number of hydrogen-bond acceptors (Lipinski definition) is 10. The molecule has 2 aromatic heterocycles. The lowest BCUT2D eigenvalue weighted by atomic mass is 10.1. The van der Waals surface area contributed by atoms with Crippen LogP contribution in [0.2, 0.25) is 0 Å². The molecule has 2 aromatic rings. The number of nitrogens with zero attached hydrogens (tertiary/aromatic N) is 4. The summed E-state index contributed by atoms with van der Waals surface area (Å²) in [7, 11) is 2.82. The van der Waals surface area contributed by atoms with Gasteiger partial charge in [0.25, 0.3) is 0 Å². The van der Waals surface area contributed by atoms with Gasteiger partial charge in [-0.3, -0.25) is 4.57 Å². The molecule has 0 spiro atoms. The van der Waals surface area contributed by atoms with Gasteiger partial charge in [-0.05, 0) is 0 Å². The summed E-state index contributed by atoms with van der Waals surface area (Å²) in [5, 5.41) is 20.4. The fourth-order valence-electron chi connectivity index (χ4n) is 2.60. The van der Waals surface area contributed by atoms with E-state index < -0.39 is 30.5 Å². The van der Waals surface area contributed by atoms with Crippen LogP contribution in [0.1, 0.15) is 6.23 Å². The Morgan fingerprint density at radius 3 is 2.80 bits per heavy atom. The van der Waals surface area contributed by atoms with E-state index in [9.17, 15) is 15.0 Å². The Morgan fingerprint density at radius 2 is 2.08 bits per heavy atom. The Morgan fingerprint density at radius 1 is 1.28 bits per heavy atom. The number of carbonyl (C=O) groups excluding carboxylic acids is 1. The van der Waals surface area contributed by atoms with Gasteiger partial charge < -0.3 is 29.2 Å². The molecule has 3 heterocycles. The first-order valence-corrected chi connectivity index (χ1v) is 7.44.